The summed E-state index contributed by atoms with van der Waals surface area (Å²) in [7, 11) is 2.19. The molecule has 3 aliphatic heterocycles. The van der Waals surface area contributed by atoms with Crippen LogP contribution in [-0.4, -0.2) is 102 Å². The average molecular weight is 442 g/mol. The van der Waals surface area contributed by atoms with Gasteiger partial charge in [0.25, 0.3) is 0 Å². The summed E-state index contributed by atoms with van der Waals surface area (Å²) in [5.41, 5.74) is 3.23. The Morgan fingerprint density at radius 2 is 1.84 bits per heavy atom. The fourth-order valence-electron chi connectivity index (χ4n) is 5.26. The number of carbonyl (C=O) groups excluding carboxylic acids is 2. The first-order chi connectivity index (χ1) is 15.5. The monoisotopic (exact) mass is 441 g/mol. The SMILES string of the molecule is CN1CCC(N2CCN(CCCN3C4=C(N[NH+]3[O-])C(=O)c3cccnc3C4=O)CC2)CC1. The van der Waals surface area contributed by atoms with E-state index in [1.165, 1.54) is 37.1 Å². The largest absolute Gasteiger partial charge is 0.582 e. The van der Waals surface area contributed by atoms with Crippen LogP contribution in [0.15, 0.2) is 29.7 Å². The van der Waals surface area contributed by atoms with Gasteiger partial charge in [0.1, 0.15) is 5.69 Å². The molecule has 4 aliphatic rings. The minimum absolute atomic E-state index is 0.0900. The lowest BCUT2D eigenvalue weighted by molar-refractivity contribution is -0.993. The highest BCUT2D eigenvalue weighted by atomic mass is 16.6. The smallest absolute Gasteiger partial charge is 0.235 e. The van der Waals surface area contributed by atoms with E-state index in [1.807, 2.05) is 0 Å². The predicted octanol–water partition coefficient (Wildman–Crippen LogP) is -1.11. The van der Waals surface area contributed by atoms with Crippen molar-refractivity contribution in [1.29, 1.82) is 0 Å². The van der Waals surface area contributed by atoms with Crippen LogP contribution in [0.1, 0.15) is 40.1 Å². The van der Waals surface area contributed by atoms with Gasteiger partial charge in [-0.05, 0) is 51.5 Å². The molecule has 0 radical (unpaired) electrons. The Balaban J connectivity index is 1.14. The number of hydrogen-bond donors (Lipinski definition) is 2. The van der Waals surface area contributed by atoms with Crippen molar-refractivity contribution < 1.29 is 14.9 Å². The molecule has 10 nitrogen and oxygen atoms in total. The number of allylic oxidation sites excluding steroid dienone is 2. The second-order valence-electron chi connectivity index (χ2n) is 9.13. The fourth-order valence-corrected chi connectivity index (χ4v) is 5.26. The number of Topliss-reactive ketones (excluding diaryl/α,β-unsaturated/α-hetero) is 2. The molecule has 2 N–H and O–H groups in total. The third-order valence-electron chi connectivity index (χ3n) is 7.16. The third kappa shape index (κ3) is 3.93. The fraction of sp³-hybridized carbons (Fsp3) is 0.591. The number of piperazine rings is 1. The van der Waals surface area contributed by atoms with Crippen molar-refractivity contribution in [1.82, 2.24) is 30.1 Å². The average Bonchev–Trinajstić information content (AvgIpc) is 3.15. The van der Waals surface area contributed by atoms with Crippen LogP contribution in [0.4, 0.5) is 0 Å². The molecule has 0 bridgehead atoms. The van der Waals surface area contributed by atoms with Crippen LogP contribution in [0.25, 0.3) is 0 Å². The molecule has 0 amide bonds. The number of carbonyl (C=O) groups is 2. The van der Waals surface area contributed by atoms with Crippen molar-refractivity contribution in [3.05, 3.63) is 46.2 Å². The molecule has 1 atom stereocenters. The maximum atomic E-state index is 12.9. The standard InChI is InChI=1S/C22H31N7O3/c1-25-10-5-16(6-11-25)27-14-12-26(13-15-27)8-3-9-28-20-19(24-29(28)32)21(30)17-4-2-7-23-18(17)22(20)31/h2,4,7,16,24,29H,3,5-6,8-15H2,1H3. The van der Waals surface area contributed by atoms with Crippen molar-refractivity contribution in [3.63, 3.8) is 0 Å². The molecule has 2 fully saturated rings. The summed E-state index contributed by atoms with van der Waals surface area (Å²) < 4.78 is 0. The Morgan fingerprint density at radius 3 is 2.59 bits per heavy atom. The number of ketones is 2. The number of piperidine rings is 1. The highest BCUT2D eigenvalue weighted by Gasteiger charge is 2.44. The summed E-state index contributed by atoms with van der Waals surface area (Å²) >= 11 is 0. The predicted molar refractivity (Wildman–Crippen MR) is 117 cm³/mol. The molecule has 1 unspecified atom stereocenters. The van der Waals surface area contributed by atoms with E-state index in [1.54, 1.807) is 12.1 Å². The summed E-state index contributed by atoms with van der Waals surface area (Å²) in [6, 6.07) is 3.90. The summed E-state index contributed by atoms with van der Waals surface area (Å²) in [6.45, 7) is 7.87. The van der Waals surface area contributed by atoms with Gasteiger partial charge in [0.2, 0.25) is 11.6 Å². The van der Waals surface area contributed by atoms with Crippen LogP contribution < -0.4 is 10.7 Å². The summed E-state index contributed by atoms with van der Waals surface area (Å²) in [6.07, 6.45) is 4.75. The third-order valence-corrected chi connectivity index (χ3v) is 7.16. The van der Waals surface area contributed by atoms with Gasteiger partial charge >= 0.3 is 0 Å². The van der Waals surface area contributed by atoms with Crippen molar-refractivity contribution in [2.24, 2.45) is 0 Å². The van der Waals surface area contributed by atoms with Gasteiger partial charge < -0.3 is 15.0 Å². The number of aromatic nitrogens is 1. The maximum absolute atomic E-state index is 12.9. The number of nitrogens with one attached hydrogen (secondary N) is 2. The van der Waals surface area contributed by atoms with E-state index < -0.39 is 5.28 Å². The molecule has 5 rings (SSSR count). The van der Waals surface area contributed by atoms with Crippen LogP contribution in [0.2, 0.25) is 0 Å². The van der Waals surface area contributed by atoms with E-state index in [0.717, 1.165) is 39.1 Å². The van der Waals surface area contributed by atoms with Crippen molar-refractivity contribution in [3.8, 4) is 0 Å². The Labute approximate surface area is 188 Å². The first kappa shape index (κ1) is 21.5. The first-order valence-corrected chi connectivity index (χ1v) is 11.5. The number of rotatable bonds is 5. The van der Waals surface area contributed by atoms with Gasteiger partial charge in [-0.3, -0.25) is 19.5 Å². The number of quaternary nitrogens is 1. The second kappa shape index (κ2) is 8.87. The maximum Gasteiger partial charge on any atom is 0.235 e. The summed E-state index contributed by atoms with van der Waals surface area (Å²) in [5.74, 6) is -0.705. The van der Waals surface area contributed by atoms with Crippen LogP contribution in [-0.2, 0) is 0 Å². The van der Waals surface area contributed by atoms with Crippen LogP contribution in [0, 0.1) is 5.21 Å². The molecule has 1 aliphatic carbocycles. The lowest BCUT2D eigenvalue weighted by Gasteiger charge is -2.42. The molecular formula is C22H31N7O3. The molecule has 1 aromatic heterocycles. The molecule has 172 valence electrons. The first-order valence-electron chi connectivity index (χ1n) is 11.5. The van der Waals surface area contributed by atoms with Crippen molar-refractivity contribution >= 4 is 11.6 Å². The highest BCUT2D eigenvalue weighted by Crippen LogP contribution is 2.26. The number of hydrogen-bond acceptors (Lipinski definition) is 9. The number of pyridine rings is 1. The lowest BCUT2D eigenvalue weighted by atomic mass is 9.95. The molecule has 0 spiro atoms. The van der Waals surface area contributed by atoms with Crippen molar-refractivity contribution in [2.75, 3.05) is 59.4 Å². The van der Waals surface area contributed by atoms with E-state index in [-0.39, 0.29) is 34.2 Å². The van der Waals surface area contributed by atoms with E-state index in [2.05, 4.69) is 32.2 Å². The normalized spacial score (nSPS) is 25.8. The molecular weight excluding hydrogens is 410 g/mol. The minimum atomic E-state index is -0.406. The molecule has 1 aromatic rings. The van der Waals surface area contributed by atoms with Gasteiger partial charge in [0, 0.05) is 45.0 Å². The zero-order valence-electron chi connectivity index (χ0n) is 18.5. The van der Waals surface area contributed by atoms with Gasteiger partial charge in [0.05, 0.1) is 12.1 Å². The minimum Gasteiger partial charge on any atom is -0.582 e. The van der Waals surface area contributed by atoms with Crippen LogP contribution in [0.3, 0.4) is 0 Å². The number of likely N-dealkylation sites (tertiary alicyclic amines) is 1. The lowest BCUT2D eigenvalue weighted by Crippen LogP contribution is -3.17. The highest BCUT2D eigenvalue weighted by molar-refractivity contribution is 6.25. The van der Waals surface area contributed by atoms with Gasteiger partial charge in [-0.2, -0.15) is 10.3 Å². The van der Waals surface area contributed by atoms with Gasteiger partial charge in [-0.1, -0.05) is 0 Å². The molecule has 4 heterocycles. The molecule has 0 aromatic carbocycles. The molecule has 32 heavy (non-hydrogen) atoms. The quantitative estimate of drug-likeness (QED) is 0.551. The van der Waals surface area contributed by atoms with Gasteiger partial charge in [0.15, 0.2) is 11.4 Å². The van der Waals surface area contributed by atoms with Crippen LogP contribution >= 0.6 is 0 Å². The summed E-state index contributed by atoms with van der Waals surface area (Å²) in [4.78, 5) is 37.2. The van der Waals surface area contributed by atoms with Gasteiger partial charge in [-0.15, -0.1) is 0 Å². The topological polar surface area (TPSA) is 99.5 Å². The number of fused-ring (bicyclic) bond motifs is 1. The summed E-state index contributed by atoms with van der Waals surface area (Å²) in [5, 5.41) is 13.5. The number of nitrogens with zero attached hydrogens (tertiary/aromatic N) is 5. The van der Waals surface area contributed by atoms with E-state index in [4.69, 9.17) is 0 Å². The zero-order chi connectivity index (χ0) is 22.2. The zero-order valence-corrected chi connectivity index (χ0v) is 18.5. The molecule has 10 heteroatoms. The second-order valence-corrected chi connectivity index (χ2v) is 9.13. The van der Waals surface area contributed by atoms with Gasteiger partial charge in [-0.25, -0.2) is 5.43 Å². The van der Waals surface area contributed by atoms with Crippen LogP contribution in [0.5, 0.6) is 0 Å². The molecule has 0 saturated carbocycles. The van der Waals surface area contributed by atoms with E-state index in [0.29, 0.717) is 12.6 Å². The van der Waals surface area contributed by atoms with Crippen molar-refractivity contribution in [2.45, 2.75) is 25.3 Å². The van der Waals surface area contributed by atoms with E-state index in [9.17, 15) is 14.8 Å². The Hall–Kier alpha value is -2.37. The van der Waals surface area contributed by atoms with E-state index >= 15 is 0 Å². The Bertz CT molecular complexity index is 920. The Morgan fingerprint density at radius 1 is 1.09 bits per heavy atom. The molecule has 2 saturated heterocycles. The Kier molecular flexibility index (Phi) is 5.95.